The normalized spacial score (nSPS) is 10.7. The van der Waals surface area contributed by atoms with Crippen LogP contribution in [0.4, 0.5) is 0 Å². The maximum absolute atomic E-state index is 6.31. The molecule has 1 heterocycles. The molecular formula is C13H16ClN3O. The summed E-state index contributed by atoms with van der Waals surface area (Å²) < 4.78 is 5.44. The summed E-state index contributed by atoms with van der Waals surface area (Å²) in [4.78, 5) is 0. The van der Waals surface area contributed by atoms with E-state index in [2.05, 4.69) is 10.2 Å². The van der Waals surface area contributed by atoms with Crippen molar-refractivity contribution in [3.05, 3.63) is 34.1 Å². The molecule has 4 nitrogen and oxygen atoms in total. The molecular weight excluding hydrogens is 250 g/mol. The van der Waals surface area contributed by atoms with Crippen LogP contribution in [-0.4, -0.2) is 17.3 Å². The van der Waals surface area contributed by atoms with E-state index in [1.54, 1.807) is 13.3 Å². The Morgan fingerprint density at radius 1 is 1.44 bits per heavy atom. The second-order valence-corrected chi connectivity index (χ2v) is 4.55. The highest BCUT2D eigenvalue weighted by atomic mass is 35.5. The SMILES string of the molecule is COc1cc(C)c(Cl)c(C)c1-c1cn[nH]c1CN. The van der Waals surface area contributed by atoms with Gasteiger partial charge in [-0.3, -0.25) is 5.10 Å². The Morgan fingerprint density at radius 3 is 2.78 bits per heavy atom. The van der Waals surface area contributed by atoms with E-state index in [9.17, 15) is 0 Å². The molecule has 0 atom stereocenters. The van der Waals surface area contributed by atoms with Crippen molar-refractivity contribution in [2.45, 2.75) is 20.4 Å². The Balaban J connectivity index is 2.74. The molecule has 96 valence electrons. The van der Waals surface area contributed by atoms with Crippen LogP contribution in [0, 0.1) is 13.8 Å². The Bertz CT molecular complexity index is 578. The van der Waals surface area contributed by atoms with E-state index in [4.69, 9.17) is 22.1 Å². The van der Waals surface area contributed by atoms with Gasteiger partial charge < -0.3 is 10.5 Å². The average molecular weight is 266 g/mol. The van der Waals surface area contributed by atoms with Gasteiger partial charge >= 0.3 is 0 Å². The number of H-pyrrole nitrogens is 1. The van der Waals surface area contributed by atoms with Gasteiger partial charge in [-0.05, 0) is 31.0 Å². The monoisotopic (exact) mass is 265 g/mol. The van der Waals surface area contributed by atoms with Gasteiger partial charge in [-0.1, -0.05) is 11.6 Å². The van der Waals surface area contributed by atoms with Crippen molar-refractivity contribution >= 4 is 11.6 Å². The number of nitrogens with one attached hydrogen (secondary N) is 1. The first kappa shape index (κ1) is 12.9. The lowest BCUT2D eigenvalue weighted by atomic mass is 9.97. The molecule has 1 aromatic carbocycles. The summed E-state index contributed by atoms with van der Waals surface area (Å²) in [7, 11) is 1.65. The van der Waals surface area contributed by atoms with Crippen molar-refractivity contribution in [2.75, 3.05) is 7.11 Å². The summed E-state index contributed by atoms with van der Waals surface area (Å²) in [6, 6.07) is 1.93. The third-order valence-electron chi connectivity index (χ3n) is 3.06. The number of aryl methyl sites for hydroxylation is 1. The molecule has 0 aliphatic carbocycles. The molecule has 3 N–H and O–H groups in total. The summed E-state index contributed by atoms with van der Waals surface area (Å²) in [5.41, 5.74) is 10.4. The van der Waals surface area contributed by atoms with Crippen LogP contribution >= 0.6 is 11.6 Å². The fraction of sp³-hybridized carbons (Fsp3) is 0.308. The highest BCUT2D eigenvalue weighted by Crippen LogP contribution is 2.39. The van der Waals surface area contributed by atoms with Crippen LogP contribution in [0.2, 0.25) is 5.02 Å². The topological polar surface area (TPSA) is 63.9 Å². The third-order valence-corrected chi connectivity index (χ3v) is 3.64. The van der Waals surface area contributed by atoms with Gasteiger partial charge in [0, 0.05) is 22.7 Å². The van der Waals surface area contributed by atoms with E-state index in [0.717, 1.165) is 38.7 Å². The largest absolute Gasteiger partial charge is 0.496 e. The molecule has 0 saturated carbocycles. The fourth-order valence-corrected chi connectivity index (χ4v) is 2.25. The Kier molecular flexibility index (Phi) is 3.59. The van der Waals surface area contributed by atoms with Gasteiger partial charge in [-0.15, -0.1) is 0 Å². The number of rotatable bonds is 3. The Hall–Kier alpha value is -1.52. The Labute approximate surface area is 111 Å². The zero-order valence-corrected chi connectivity index (χ0v) is 11.4. The van der Waals surface area contributed by atoms with Gasteiger partial charge in [0.05, 0.1) is 19.0 Å². The lowest BCUT2D eigenvalue weighted by Gasteiger charge is -2.15. The maximum Gasteiger partial charge on any atom is 0.127 e. The van der Waals surface area contributed by atoms with Gasteiger partial charge in [0.25, 0.3) is 0 Å². The number of ether oxygens (including phenoxy) is 1. The van der Waals surface area contributed by atoms with E-state index in [-0.39, 0.29) is 0 Å². The van der Waals surface area contributed by atoms with Gasteiger partial charge in [0.15, 0.2) is 0 Å². The second-order valence-electron chi connectivity index (χ2n) is 4.18. The number of hydrogen-bond donors (Lipinski definition) is 2. The molecule has 0 fully saturated rings. The Morgan fingerprint density at radius 2 is 2.17 bits per heavy atom. The molecule has 0 unspecified atom stereocenters. The average Bonchev–Trinajstić information content (AvgIpc) is 2.83. The van der Waals surface area contributed by atoms with E-state index >= 15 is 0 Å². The number of methoxy groups -OCH3 is 1. The molecule has 18 heavy (non-hydrogen) atoms. The maximum atomic E-state index is 6.31. The zero-order valence-electron chi connectivity index (χ0n) is 10.7. The molecule has 0 saturated heterocycles. The second kappa shape index (κ2) is 5.00. The fourth-order valence-electron chi connectivity index (χ4n) is 2.10. The molecule has 0 bridgehead atoms. The van der Waals surface area contributed by atoms with Gasteiger partial charge in [-0.2, -0.15) is 5.10 Å². The summed E-state index contributed by atoms with van der Waals surface area (Å²) in [5, 5.41) is 7.67. The highest BCUT2D eigenvalue weighted by Gasteiger charge is 2.17. The zero-order chi connectivity index (χ0) is 13.3. The van der Waals surface area contributed by atoms with Crippen LogP contribution in [0.1, 0.15) is 16.8 Å². The van der Waals surface area contributed by atoms with E-state index in [0.29, 0.717) is 6.54 Å². The van der Waals surface area contributed by atoms with E-state index < -0.39 is 0 Å². The van der Waals surface area contributed by atoms with Crippen LogP contribution in [0.3, 0.4) is 0 Å². The van der Waals surface area contributed by atoms with Crippen molar-refractivity contribution in [1.82, 2.24) is 10.2 Å². The van der Waals surface area contributed by atoms with Gasteiger partial charge in [-0.25, -0.2) is 0 Å². The number of halogens is 1. The van der Waals surface area contributed by atoms with E-state index in [1.807, 2.05) is 19.9 Å². The van der Waals surface area contributed by atoms with Gasteiger partial charge in [0.1, 0.15) is 5.75 Å². The van der Waals surface area contributed by atoms with Gasteiger partial charge in [0.2, 0.25) is 0 Å². The van der Waals surface area contributed by atoms with Crippen molar-refractivity contribution in [2.24, 2.45) is 5.73 Å². The lowest BCUT2D eigenvalue weighted by molar-refractivity contribution is 0.416. The smallest absolute Gasteiger partial charge is 0.127 e. The van der Waals surface area contributed by atoms with Crippen LogP contribution in [0.15, 0.2) is 12.3 Å². The van der Waals surface area contributed by atoms with Crippen molar-refractivity contribution in [3.8, 4) is 16.9 Å². The molecule has 0 aliphatic rings. The number of hydrogen-bond acceptors (Lipinski definition) is 3. The minimum Gasteiger partial charge on any atom is -0.496 e. The predicted octanol–water partition coefficient (Wildman–Crippen LogP) is 2.81. The van der Waals surface area contributed by atoms with Crippen LogP contribution in [0.5, 0.6) is 5.75 Å². The van der Waals surface area contributed by atoms with E-state index in [1.165, 1.54) is 0 Å². The van der Waals surface area contributed by atoms with Crippen LogP contribution < -0.4 is 10.5 Å². The van der Waals surface area contributed by atoms with Crippen molar-refractivity contribution in [1.29, 1.82) is 0 Å². The lowest BCUT2D eigenvalue weighted by Crippen LogP contribution is -2.01. The molecule has 0 spiro atoms. The molecule has 2 rings (SSSR count). The minimum atomic E-state index is 0.392. The number of nitrogens with two attached hydrogens (primary N) is 1. The first-order valence-electron chi connectivity index (χ1n) is 5.66. The minimum absolute atomic E-state index is 0.392. The summed E-state index contributed by atoms with van der Waals surface area (Å²) >= 11 is 6.31. The van der Waals surface area contributed by atoms with Crippen LogP contribution in [0.25, 0.3) is 11.1 Å². The number of aromatic nitrogens is 2. The molecule has 0 radical (unpaired) electrons. The standard InChI is InChI=1S/C13H16ClN3O/c1-7-4-11(18-3)12(8(2)13(7)14)9-6-16-17-10(9)5-15/h4,6H,5,15H2,1-3H3,(H,16,17). The third kappa shape index (κ3) is 1.98. The first-order valence-corrected chi connectivity index (χ1v) is 6.04. The summed E-state index contributed by atoms with van der Waals surface area (Å²) in [6.45, 7) is 4.32. The predicted molar refractivity (Wildman–Crippen MR) is 73.0 cm³/mol. The number of aromatic amines is 1. The summed E-state index contributed by atoms with van der Waals surface area (Å²) in [5.74, 6) is 0.783. The molecule has 2 aromatic rings. The number of nitrogens with zero attached hydrogens (tertiary/aromatic N) is 1. The summed E-state index contributed by atoms with van der Waals surface area (Å²) in [6.07, 6.45) is 1.75. The molecule has 1 aromatic heterocycles. The quantitative estimate of drug-likeness (QED) is 0.897. The molecule has 5 heteroatoms. The van der Waals surface area contributed by atoms with Crippen molar-refractivity contribution in [3.63, 3.8) is 0 Å². The highest BCUT2D eigenvalue weighted by molar-refractivity contribution is 6.32. The van der Waals surface area contributed by atoms with Crippen molar-refractivity contribution < 1.29 is 4.74 Å². The molecule has 0 amide bonds. The first-order chi connectivity index (χ1) is 8.60. The number of benzene rings is 1. The molecule has 0 aliphatic heterocycles. The van der Waals surface area contributed by atoms with Crippen LogP contribution in [-0.2, 0) is 6.54 Å².